The van der Waals surface area contributed by atoms with Crippen molar-refractivity contribution >= 4 is 17.7 Å². The zero-order valence-corrected chi connectivity index (χ0v) is 12.4. The maximum absolute atomic E-state index is 12.1. The molecule has 0 fully saturated rings. The average molecular weight is 304 g/mol. The number of aryl methyl sites for hydroxylation is 1. The largest absolute Gasteiger partial charge is 0.493 e. The highest BCUT2D eigenvalue weighted by Crippen LogP contribution is 2.31. The lowest BCUT2D eigenvalue weighted by atomic mass is 10.0. The standard InChI is InChI=1S/C14H16N4O2S/c1-9-15-14(18-17-9)21-8-13(19)16-11-6-7-20-12-5-3-2-4-10(11)12/h2-5,11H,6-8H2,1H3,(H,16,19)(H,15,17,18). The Morgan fingerprint density at radius 1 is 1.52 bits per heavy atom. The second kappa shape index (κ2) is 6.17. The molecule has 1 atom stereocenters. The SMILES string of the molecule is Cc1nc(SCC(=O)NC2CCOc3ccccc32)n[nH]1. The maximum atomic E-state index is 12.1. The Hall–Kier alpha value is -2.02. The highest BCUT2D eigenvalue weighted by Gasteiger charge is 2.22. The van der Waals surface area contributed by atoms with Crippen LogP contribution in [-0.4, -0.2) is 33.4 Å². The van der Waals surface area contributed by atoms with E-state index in [9.17, 15) is 4.79 Å². The van der Waals surface area contributed by atoms with Crippen LogP contribution in [0.3, 0.4) is 0 Å². The van der Waals surface area contributed by atoms with Crippen molar-refractivity contribution in [1.29, 1.82) is 0 Å². The van der Waals surface area contributed by atoms with E-state index in [1.807, 2.05) is 31.2 Å². The van der Waals surface area contributed by atoms with Gasteiger partial charge in [0.2, 0.25) is 11.1 Å². The first-order chi connectivity index (χ1) is 10.2. The third kappa shape index (κ3) is 3.36. The number of aromatic nitrogens is 3. The number of carbonyl (C=O) groups excluding carboxylic acids is 1. The summed E-state index contributed by atoms with van der Waals surface area (Å²) < 4.78 is 5.59. The van der Waals surface area contributed by atoms with Gasteiger partial charge in [0.25, 0.3) is 0 Å². The fourth-order valence-electron chi connectivity index (χ4n) is 2.24. The van der Waals surface area contributed by atoms with Crippen molar-refractivity contribution in [2.24, 2.45) is 0 Å². The summed E-state index contributed by atoms with van der Waals surface area (Å²) in [5.74, 6) is 1.88. The molecule has 0 bridgehead atoms. The van der Waals surface area contributed by atoms with Gasteiger partial charge in [-0.1, -0.05) is 30.0 Å². The molecule has 1 aromatic carbocycles. The second-order valence-electron chi connectivity index (χ2n) is 4.79. The Bertz CT molecular complexity index is 643. The van der Waals surface area contributed by atoms with Crippen molar-refractivity contribution < 1.29 is 9.53 Å². The Balaban J connectivity index is 1.58. The number of aromatic amines is 1. The predicted molar refractivity (Wildman–Crippen MR) is 79.3 cm³/mol. The van der Waals surface area contributed by atoms with Crippen LogP contribution < -0.4 is 10.1 Å². The number of ether oxygens (including phenoxy) is 1. The monoisotopic (exact) mass is 304 g/mol. The van der Waals surface area contributed by atoms with Crippen molar-refractivity contribution in [2.75, 3.05) is 12.4 Å². The van der Waals surface area contributed by atoms with E-state index < -0.39 is 0 Å². The fraction of sp³-hybridized carbons (Fsp3) is 0.357. The quantitative estimate of drug-likeness (QED) is 0.843. The minimum atomic E-state index is -0.0239. The molecule has 1 aliphatic rings. The van der Waals surface area contributed by atoms with Crippen molar-refractivity contribution in [2.45, 2.75) is 24.5 Å². The Morgan fingerprint density at radius 2 is 2.38 bits per heavy atom. The van der Waals surface area contributed by atoms with Crippen LogP contribution in [0, 0.1) is 6.92 Å². The number of nitrogens with zero attached hydrogens (tertiary/aromatic N) is 2. The van der Waals surface area contributed by atoms with E-state index in [1.54, 1.807) is 0 Å². The minimum absolute atomic E-state index is 0.0110. The molecule has 21 heavy (non-hydrogen) atoms. The van der Waals surface area contributed by atoms with Gasteiger partial charge in [0.05, 0.1) is 18.4 Å². The van der Waals surface area contributed by atoms with Crippen LogP contribution in [0.5, 0.6) is 5.75 Å². The van der Waals surface area contributed by atoms with Crippen LogP contribution in [0.25, 0.3) is 0 Å². The molecule has 0 aliphatic carbocycles. The number of thioether (sulfide) groups is 1. The number of hydrogen-bond donors (Lipinski definition) is 2. The number of hydrogen-bond acceptors (Lipinski definition) is 5. The van der Waals surface area contributed by atoms with Crippen molar-refractivity contribution in [3.05, 3.63) is 35.7 Å². The van der Waals surface area contributed by atoms with E-state index in [2.05, 4.69) is 20.5 Å². The van der Waals surface area contributed by atoms with Gasteiger partial charge < -0.3 is 10.1 Å². The van der Waals surface area contributed by atoms with Gasteiger partial charge in [-0.3, -0.25) is 9.89 Å². The van der Waals surface area contributed by atoms with Gasteiger partial charge in [-0.2, -0.15) is 0 Å². The van der Waals surface area contributed by atoms with Gasteiger partial charge in [0.15, 0.2) is 0 Å². The first kappa shape index (κ1) is 13.9. The van der Waals surface area contributed by atoms with Crippen molar-refractivity contribution in [3.63, 3.8) is 0 Å². The Labute approximate surface area is 126 Å². The van der Waals surface area contributed by atoms with Crippen LogP contribution in [-0.2, 0) is 4.79 Å². The summed E-state index contributed by atoms with van der Waals surface area (Å²) in [4.78, 5) is 16.2. The van der Waals surface area contributed by atoms with Crippen LogP contribution in [0.4, 0.5) is 0 Å². The van der Waals surface area contributed by atoms with Gasteiger partial charge in [-0.25, -0.2) is 4.98 Å². The van der Waals surface area contributed by atoms with E-state index in [0.717, 1.165) is 23.6 Å². The summed E-state index contributed by atoms with van der Waals surface area (Å²) in [6, 6.07) is 7.82. The van der Waals surface area contributed by atoms with Crippen LogP contribution in [0.15, 0.2) is 29.4 Å². The number of H-pyrrole nitrogens is 1. The van der Waals surface area contributed by atoms with Gasteiger partial charge in [0.1, 0.15) is 11.6 Å². The fourth-order valence-corrected chi connectivity index (χ4v) is 2.90. The predicted octanol–water partition coefficient (Wildman–Crippen LogP) is 1.85. The molecule has 110 valence electrons. The van der Waals surface area contributed by atoms with E-state index in [0.29, 0.717) is 17.5 Å². The van der Waals surface area contributed by atoms with Crippen molar-refractivity contribution in [1.82, 2.24) is 20.5 Å². The molecular formula is C14H16N4O2S. The average Bonchev–Trinajstić information content (AvgIpc) is 2.91. The molecule has 2 N–H and O–H groups in total. The lowest BCUT2D eigenvalue weighted by Gasteiger charge is -2.26. The smallest absolute Gasteiger partial charge is 0.230 e. The first-order valence-electron chi connectivity index (χ1n) is 6.75. The molecule has 1 aliphatic heterocycles. The van der Waals surface area contributed by atoms with Crippen LogP contribution in [0.1, 0.15) is 23.9 Å². The molecule has 0 spiro atoms. The summed E-state index contributed by atoms with van der Waals surface area (Å²) >= 11 is 1.32. The van der Waals surface area contributed by atoms with Crippen LogP contribution >= 0.6 is 11.8 Å². The molecule has 1 amide bonds. The lowest BCUT2D eigenvalue weighted by Crippen LogP contribution is -2.33. The molecule has 7 heteroatoms. The molecule has 1 aromatic heterocycles. The molecule has 3 rings (SSSR count). The topological polar surface area (TPSA) is 79.9 Å². The molecule has 2 heterocycles. The Kier molecular flexibility index (Phi) is 4.10. The van der Waals surface area contributed by atoms with Crippen molar-refractivity contribution in [3.8, 4) is 5.75 Å². The zero-order valence-electron chi connectivity index (χ0n) is 11.6. The van der Waals surface area contributed by atoms with E-state index in [-0.39, 0.29) is 11.9 Å². The third-order valence-electron chi connectivity index (χ3n) is 3.20. The molecule has 1 unspecified atom stereocenters. The van der Waals surface area contributed by atoms with Gasteiger partial charge in [-0.05, 0) is 13.0 Å². The van der Waals surface area contributed by atoms with Gasteiger partial charge in [0, 0.05) is 12.0 Å². The molecule has 2 aromatic rings. The molecule has 6 nitrogen and oxygen atoms in total. The third-order valence-corrected chi connectivity index (χ3v) is 4.05. The summed E-state index contributed by atoms with van der Waals surface area (Å²) in [6.07, 6.45) is 0.785. The second-order valence-corrected chi connectivity index (χ2v) is 5.73. The van der Waals surface area contributed by atoms with Gasteiger partial charge >= 0.3 is 0 Å². The number of benzene rings is 1. The lowest BCUT2D eigenvalue weighted by molar-refractivity contribution is -0.119. The van der Waals surface area contributed by atoms with E-state index in [4.69, 9.17) is 4.74 Å². The number of para-hydroxylation sites is 1. The highest BCUT2D eigenvalue weighted by molar-refractivity contribution is 7.99. The summed E-state index contributed by atoms with van der Waals surface area (Å²) in [6.45, 7) is 2.45. The maximum Gasteiger partial charge on any atom is 0.230 e. The summed E-state index contributed by atoms with van der Waals surface area (Å²) in [5, 5.41) is 10.4. The Morgan fingerprint density at radius 3 is 3.19 bits per heavy atom. The molecule has 0 saturated carbocycles. The van der Waals surface area contributed by atoms with Gasteiger partial charge in [-0.15, -0.1) is 5.10 Å². The van der Waals surface area contributed by atoms with E-state index >= 15 is 0 Å². The molecule has 0 radical (unpaired) electrons. The normalized spacial score (nSPS) is 16.9. The number of fused-ring (bicyclic) bond motifs is 1. The number of nitrogens with one attached hydrogen (secondary N) is 2. The zero-order chi connectivity index (χ0) is 14.7. The minimum Gasteiger partial charge on any atom is -0.493 e. The highest BCUT2D eigenvalue weighted by atomic mass is 32.2. The number of amides is 1. The summed E-state index contributed by atoms with van der Waals surface area (Å²) in [7, 11) is 0. The molecular weight excluding hydrogens is 288 g/mol. The first-order valence-corrected chi connectivity index (χ1v) is 7.74. The number of carbonyl (C=O) groups is 1. The van der Waals surface area contributed by atoms with Crippen LogP contribution in [0.2, 0.25) is 0 Å². The number of rotatable bonds is 4. The summed E-state index contributed by atoms with van der Waals surface area (Å²) in [5.41, 5.74) is 1.04. The molecule has 0 saturated heterocycles. The van der Waals surface area contributed by atoms with E-state index in [1.165, 1.54) is 11.8 Å².